The van der Waals surface area contributed by atoms with Gasteiger partial charge < -0.3 is 10.0 Å². The summed E-state index contributed by atoms with van der Waals surface area (Å²) in [7, 11) is 0. The van der Waals surface area contributed by atoms with E-state index in [0.29, 0.717) is 6.04 Å². The lowest BCUT2D eigenvalue weighted by atomic mass is 10.1. The van der Waals surface area contributed by atoms with Crippen molar-refractivity contribution in [2.24, 2.45) is 0 Å². The van der Waals surface area contributed by atoms with Crippen LogP contribution in [0.3, 0.4) is 0 Å². The Morgan fingerprint density at radius 3 is 2.09 bits per heavy atom. The first-order valence-corrected chi connectivity index (χ1v) is 4.12. The number of piperidine rings is 1. The van der Waals surface area contributed by atoms with E-state index in [4.69, 9.17) is 0 Å². The summed E-state index contributed by atoms with van der Waals surface area (Å²) >= 11 is 0. The van der Waals surface area contributed by atoms with E-state index in [0.717, 1.165) is 25.9 Å². The number of aliphatic hydroxyl groups excluding tert-OH is 1. The Morgan fingerprint density at radius 1 is 1.27 bits per heavy atom. The summed E-state index contributed by atoms with van der Waals surface area (Å²) in [6.45, 7) is 6.55. The van der Waals surface area contributed by atoms with Crippen molar-refractivity contribution in [1.82, 2.24) is 4.90 Å². The zero-order chi connectivity index (χ0) is 7.56. The van der Waals surface area contributed by atoms with Gasteiger partial charge in [0.05, 0.1) is 6.10 Å². The second-order valence-corrected chi connectivity index (χ2v) is 3.36. The first kappa shape index (κ1) is 10.9. The zero-order valence-corrected chi connectivity index (χ0v) is 6.88. The lowest BCUT2D eigenvalue weighted by molar-refractivity contribution is 0.0685. The van der Waals surface area contributed by atoms with E-state index in [-0.39, 0.29) is 13.5 Å². The standard InChI is InChI=1S/C8H17NO.CH4/c1-7(2)9-5-3-8(10)4-6-9;/h7-8,10H,3-6H2,1-2H3;1H4. The molecule has 0 saturated carbocycles. The monoisotopic (exact) mass is 159 g/mol. The maximum Gasteiger partial charge on any atom is 0.0564 e. The highest BCUT2D eigenvalue weighted by molar-refractivity contribution is 4.72. The van der Waals surface area contributed by atoms with Crippen LogP contribution in [0.4, 0.5) is 0 Å². The maximum atomic E-state index is 9.18. The maximum absolute atomic E-state index is 9.18. The molecular weight excluding hydrogens is 138 g/mol. The average Bonchev–Trinajstić information content (AvgIpc) is 1.88. The number of hydrogen-bond donors (Lipinski definition) is 1. The quantitative estimate of drug-likeness (QED) is 0.626. The molecule has 0 aromatic rings. The Morgan fingerprint density at radius 2 is 1.73 bits per heavy atom. The van der Waals surface area contributed by atoms with Crippen molar-refractivity contribution >= 4 is 0 Å². The Balaban J connectivity index is 0.000001000. The van der Waals surface area contributed by atoms with Gasteiger partial charge in [0.25, 0.3) is 0 Å². The normalized spacial score (nSPS) is 21.8. The molecule has 2 heteroatoms. The summed E-state index contributed by atoms with van der Waals surface area (Å²) in [5.74, 6) is 0. The van der Waals surface area contributed by atoms with Crippen LogP contribution in [0, 0.1) is 0 Å². The van der Waals surface area contributed by atoms with Crippen LogP contribution in [0.25, 0.3) is 0 Å². The molecule has 1 N–H and O–H groups in total. The van der Waals surface area contributed by atoms with Crippen molar-refractivity contribution in [2.75, 3.05) is 13.1 Å². The van der Waals surface area contributed by atoms with Crippen LogP contribution in [0.1, 0.15) is 34.1 Å². The molecule has 11 heavy (non-hydrogen) atoms. The molecule has 1 rings (SSSR count). The fraction of sp³-hybridized carbons (Fsp3) is 1.00. The van der Waals surface area contributed by atoms with Crippen molar-refractivity contribution in [3.63, 3.8) is 0 Å². The van der Waals surface area contributed by atoms with Gasteiger partial charge in [0.15, 0.2) is 0 Å². The zero-order valence-electron chi connectivity index (χ0n) is 6.88. The molecule has 0 amide bonds. The molecule has 0 bridgehead atoms. The second-order valence-electron chi connectivity index (χ2n) is 3.36. The minimum absolute atomic E-state index is 0. The lowest BCUT2D eigenvalue weighted by Crippen LogP contribution is -2.39. The third-order valence-corrected chi connectivity index (χ3v) is 2.23. The van der Waals surface area contributed by atoms with Crippen LogP contribution in [0.5, 0.6) is 0 Å². The van der Waals surface area contributed by atoms with Gasteiger partial charge in [-0.15, -0.1) is 0 Å². The van der Waals surface area contributed by atoms with Crippen molar-refractivity contribution in [3.05, 3.63) is 0 Å². The van der Waals surface area contributed by atoms with Crippen LogP contribution < -0.4 is 0 Å². The highest BCUT2D eigenvalue weighted by Gasteiger charge is 2.18. The molecule has 0 aliphatic carbocycles. The Bertz CT molecular complexity index is 95.7. The van der Waals surface area contributed by atoms with Crippen molar-refractivity contribution in [2.45, 2.75) is 46.3 Å². The minimum Gasteiger partial charge on any atom is -0.393 e. The molecule has 0 unspecified atom stereocenters. The largest absolute Gasteiger partial charge is 0.393 e. The van der Waals surface area contributed by atoms with Gasteiger partial charge in [-0.3, -0.25) is 0 Å². The summed E-state index contributed by atoms with van der Waals surface area (Å²) in [5, 5.41) is 9.18. The van der Waals surface area contributed by atoms with Crippen LogP contribution in [-0.4, -0.2) is 35.2 Å². The van der Waals surface area contributed by atoms with Crippen LogP contribution in [0.15, 0.2) is 0 Å². The molecular formula is C9H21NO. The molecule has 0 radical (unpaired) electrons. The summed E-state index contributed by atoms with van der Waals surface area (Å²) in [6, 6.07) is 0.646. The molecule has 1 aliphatic rings. The van der Waals surface area contributed by atoms with Crippen LogP contribution >= 0.6 is 0 Å². The lowest BCUT2D eigenvalue weighted by Gasteiger charge is -2.32. The molecule has 1 fully saturated rings. The molecule has 0 aromatic carbocycles. The fourth-order valence-corrected chi connectivity index (χ4v) is 1.40. The van der Waals surface area contributed by atoms with Crippen LogP contribution in [0.2, 0.25) is 0 Å². The van der Waals surface area contributed by atoms with E-state index in [1.807, 2.05) is 0 Å². The predicted octanol–water partition coefficient (Wildman–Crippen LogP) is 1.49. The third-order valence-electron chi connectivity index (χ3n) is 2.23. The molecule has 0 atom stereocenters. The van der Waals surface area contributed by atoms with Gasteiger partial charge in [-0.25, -0.2) is 0 Å². The Kier molecular flexibility index (Phi) is 4.69. The summed E-state index contributed by atoms with van der Waals surface area (Å²) < 4.78 is 0. The Labute approximate surface area is 70.2 Å². The molecule has 1 saturated heterocycles. The summed E-state index contributed by atoms with van der Waals surface area (Å²) in [6.07, 6.45) is 1.88. The van der Waals surface area contributed by atoms with Crippen molar-refractivity contribution < 1.29 is 5.11 Å². The van der Waals surface area contributed by atoms with Gasteiger partial charge in [0.1, 0.15) is 0 Å². The van der Waals surface area contributed by atoms with E-state index in [1.165, 1.54) is 0 Å². The third kappa shape index (κ3) is 3.21. The highest BCUT2D eigenvalue weighted by Crippen LogP contribution is 2.11. The van der Waals surface area contributed by atoms with Gasteiger partial charge in [0.2, 0.25) is 0 Å². The first-order valence-electron chi connectivity index (χ1n) is 4.12. The smallest absolute Gasteiger partial charge is 0.0564 e. The molecule has 0 aromatic heterocycles. The fourth-order valence-electron chi connectivity index (χ4n) is 1.40. The van der Waals surface area contributed by atoms with Gasteiger partial charge in [-0.1, -0.05) is 7.43 Å². The topological polar surface area (TPSA) is 23.5 Å². The summed E-state index contributed by atoms with van der Waals surface area (Å²) in [5.41, 5.74) is 0. The molecule has 0 spiro atoms. The van der Waals surface area contributed by atoms with E-state index in [1.54, 1.807) is 0 Å². The van der Waals surface area contributed by atoms with Crippen molar-refractivity contribution in [1.29, 1.82) is 0 Å². The second kappa shape index (κ2) is 4.73. The number of likely N-dealkylation sites (tertiary alicyclic amines) is 1. The Hall–Kier alpha value is -0.0800. The van der Waals surface area contributed by atoms with E-state index in [9.17, 15) is 5.11 Å². The first-order chi connectivity index (χ1) is 4.70. The minimum atomic E-state index is -0.0324. The van der Waals surface area contributed by atoms with E-state index >= 15 is 0 Å². The van der Waals surface area contributed by atoms with Gasteiger partial charge >= 0.3 is 0 Å². The molecule has 1 aliphatic heterocycles. The van der Waals surface area contributed by atoms with Gasteiger partial charge in [-0.05, 0) is 26.7 Å². The predicted molar refractivity (Wildman–Crippen MR) is 48.7 cm³/mol. The van der Waals surface area contributed by atoms with Gasteiger partial charge in [-0.2, -0.15) is 0 Å². The summed E-state index contributed by atoms with van der Waals surface area (Å²) in [4.78, 5) is 2.41. The SMILES string of the molecule is C.CC(C)N1CCC(O)CC1. The highest BCUT2D eigenvalue weighted by atomic mass is 16.3. The number of hydrogen-bond acceptors (Lipinski definition) is 2. The van der Waals surface area contributed by atoms with E-state index in [2.05, 4.69) is 18.7 Å². The van der Waals surface area contributed by atoms with Crippen LogP contribution in [-0.2, 0) is 0 Å². The average molecular weight is 159 g/mol. The van der Waals surface area contributed by atoms with E-state index < -0.39 is 0 Å². The number of rotatable bonds is 1. The number of nitrogens with zero attached hydrogens (tertiary/aromatic N) is 1. The molecule has 68 valence electrons. The van der Waals surface area contributed by atoms with Gasteiger partial charge in [0, 0.05) is 19.1 Å². The number of aliphatic hydroxyl groups is 1. The molecule has 2 nitrogen and oxygen atoms in total. The van der Waals surface area contributed by atoms with Crippen molar-refractivity contribution in [3.8, 4) is 0 Å². The molecule has 1 heterocycles.